The molecule has 0 aliphatic rings. The summed E-state index contributed by atoms with van der Waals surface area (Å²) in [5.41, 5.74) is 3.54. The Hall–Kier alpha value is -1.64. The van der Waals surface area contributed by atoms with Crippen LogP contribution in [0.5, 0.6) is 0 Å². The molecule has 0 aromatic heterocycles. The van der Waals surface area contributed by atoms with Gasteiger partial charge in [0.25, 0.3) is 0 Å². The summed E-state index contributed by atoms with van der Waals surface area (Å²) in [6, 6.07) is 18.3. The zero-order valence-electron chi connectivity index (χ0n) is 11.3. The van der Waals surface area contributed by atoms with E-state index in [1.807, 2.05) is 30.3 Å². The largest absolute Gasteiger partial charge is 0.388 e. The monoisotopic (exact) mass is 255 g/mol. The van der Waals surface area contributed by atoms with Crippen molar-refractivity contribution in [2.45, 2.75) is 26.0 Å². The van der Waals surface area contributed by atoms with Gasteiger partial charge in [-0.25, -0.2) is 0 Å². The fourth-order valence-electron chi connectivity index (χ4n) is 2.02. The van der Waals surface area contributed by atoms with Gasteiger partial charge in [-0.2, -0.15) is 0 Å². The van der Waals surface area contributed by atoms with Crippen molar-refractivity contribution in [2.24, 2.45) is 0 Å². The van der Waals surface area contributed by atoms with Crippen molar-refractivity contribution in [2.75, 3.05) is 6.54 Å². The molecule has 0 fully saturated rings. The van der Waals surface area contributed by atoms with Crippen molar-refractivity contribution in [1.29, 1.82) is 0 Å². The van der Waals surface area contributed by atoms with E-state index in [0.717, 1.165) is 25.1 Å². The molecule has 0 heterocycles. The minimum absolute atomic E-state index is 0.383. The third-order valence-electron chi connectivity index (χ3n) is 3.23. The Bertz CT molecular complexity index is 478. The lowest BCUT2D eigenvalue weighted by atomic mass is 10.1. The second-order valence-corrected chi connectivity index (χ2v) is 4.88. The van der Waals surface area contributed by atoms with Crippen molar-refractivity contribution in [3.63, 3.8) is 0 Å². The summed E-state index contributed by atoms with van der Waals surface area (Å²) in [6.07, 6.45) is 0.349. The highest BCUT2D eigenvalue weighted by atomic mass is 16.3. The van der Waals surface area contributed by atoms with Gasteiger partial charge in [-0.1, -0.05) is 60.2 Å². The number of aryl methyl sites for hydroxylation is 1. The second kappa shape index (κ2) is 7.07. The van der Waals surface area contributed by atoms with E-state index in [1.54, 1.807) is 0 Å². The molecule has 2 N–H and O–H groups in total. The Labute approximate surface area is 115 Å². The van der Waals surface area contributed by atoms with E-state index in [2.05, 4.69) is 36.5 Å². The molecule has 0 aliphatic heterocycles. The van der Waals surface area contributed by atoms with Crippen molar-refractivity contribution >= 4 is 0 Å². The predicted molar refractivity (Wildman–Crippen MR) is 78.9 cm³/mol. The minimum atomic E-state index is -0.383. The highest BCUT2D eigenvalue weighted by molar-refractivity contribution is 5.21. The molecule has 2 aromatic rings. The Kier molecular flexibility index (Phi) is 5.13. The first kappa shape index (κ1) is 13.8. The molecule has 2 heteroatoms. The van der Waals surface area contributed by atoms with Crippen LogP contribution in [0.1, 0.15) is 29.2 Å². The van der Waals surface area contributed by atoms with Crippen LogP contribution in [0.15, 0.2) is 54.6 Å². The maximum atomic E-state index is 10.0. The molecule has 2 aromatic carbocycles. The topological polar surface area (TPSA) is 32.3 Å². The summed E-state index contributed by atoms with van der Waals surface area (Å²) in [7, 11) is 0. The maximum absolute atomic E-state index is 10.0. The highest BCUT2D eigenvalue weighted by Crippen LogP contribution is 2.14. The zero-order valence-corrected chi connectivity index (χ0v) is 11.3. The normalized spacial score (nSPS) is 12.3. The van der Waals surface area contributed by atoms with E-state index in [0.29, 0.717) is 0 Å². The van der Waals surface area contributed by atoms with Crippen LogP contribution in [0, 0.1) is 6.92 Å². The van der Waals surface area contributed by atoms with Crippen molar-refractivity contribution < 1.29 is 5.11 Å². The van der Waals surface area contributed by atoms with Crippen LogP contribution in [0.2, 0.25) is 0 Å². The first-order chi connectivity index (χ1) is 9.25. The number of hydrogen-bond acceptors (Lipinski definition) is 2. The van der Waals surface area contributed by atoms with Gasteiger partial charge in [-0.15, -0.1) is 0 Å². The first-order valence-electron chi connectivity index (χ1n) is 6.75. The maximum Gasteiger partial charge on any atom is 0.0802 e. The van der Waals surface area contributed by atoms with Gasteiger partial charge >= 0.3 is 0 Å². The van der Waals surface area contributed by atoms with Gasteiger partial charge in [0.05, 0.1) is 6.10 Å². The lowest BCUT2D eigenvalue weighted by Gasteiger charge is -2.11. The zero-order chi connectivity index (χ0) is 13.5. The van der Waals surface area contributed by atoms with Gasteiger partial charge in [0.2, 0.25) is 0 Å². The van der Waals surface area contributed by atoms with Gasteiger partial charge in [0, 0.05) is 6.54 Å². The van der Waals surface area contributed by atoms with E-state index in [9.17, 15) is 5.11 Å². The average molecular weight is 255 g/mol. The molecule has 0 bridgehead atoms. The SMILES string of the molecule is Cc1ccc(CNCCC(O)c2ccccc2)cc1. The molecule has 2 rings (SSSR count). The third-order valence-corrected chi connectivity index (χ3v) is 3.23. The van der Waals surface area contributed by atoms with Crippen LogP contribution >= 0.6 is 0 Å². The number of nitrogens with one attached hydrogen (secondary N) is 1. The molecule has 100 valence electrons. The molecule has 19 heavy (non-hydrogen) atoms. The molecule has 2 nitrogen and oxygen atoms in total. The molecule has 0 spiro atoms. The molecular weight excluding hydrogens is 234 g/mol. The highest BCUT2D eigenvalue weighted by Gasteiger charge is 2.05. The quantitative estimate of drug-likeness (QED) is 0.777. The van der Waals surface area contributed by atoms with Crippen molar-refractivity contribution in [1.82, 2.24) is 5.32 Å². The molecule has 0 amide bonds. The number of hydrogen-bond donors (Lipinski definition) is 2. The van der Waals surface area contributed by atoms with Gasteiger partial charge < -0.3 is 10.4 Å². The van der Waals surface area contributed by atoms with E-state index in [4.69, 9.17) is 0 Å². The summed E-state index contributed by atoms with van der Waals surface area (Å²) in [4.78, 5) is 0. The molecule has 0 saturated carbocycles. The number of aliphatic hydroxyl groups excluding tert-OH is 1. The summed E-state index contributed by atoms with van der Waals surface area (Å²) < 4.78 is 0. The van der Waals surface area contributed by atoms with Crippen LogP contribution in [-0.2, 0) is 6.54 Å². The van der Waals surface area contributed by atoms with Gasteiger partial charge in [-0.05, 0) is 31.0 Å². The first-order valence-corrected chi connectivity index (χ1v) is 6.75. The summed E-state index contributed by atoms with van der Waals surface area (Å²) >= 11 is 0. The summed E-state index contributed by atoms with van der Waals surface area (Å²) in [5, 5.41) is 13.4. The van der Waals surface area contributed by atoms with Gasteiger partial charge in [-0.3, -0.25) is 0 Å². The Morgan fingerprint density at radius 1 is 1.00 bits per heavy atom. The minimum Gasteiger partial charge on any atom is -0.388 e. The summed E-state index contributed by atoms with van der Waals surface area (Å²) in [5.74, 6) is 0. The molecular formula is C17H21NO. The van der Waals surface area contributed by atoms with E-state index < -0.39 is 0 Å². The van der Waals surface area contributed by atoms with Gasteiger partial charge in [0.15, 0.2) is 0 Å². The second-order valence-electron chi connectivity index (χ2n) is 4.88. The fourth-order valence-corrected chi connectivity index (χ4v) is 2.02. The van der Waals surface area contributed by atoms with Crippen molar-refractivity contribution in [3.8, 4) is 0 Å². The van der Waals surface area contributed by atoms with E-state index in [1.165, 1.54) is 11.1 Å². The van der Waals surface area contributed by atoms with Crippen LogP contribution in [-0.4, -0.2) is 11.7 Å². The molecule has 1 unspecified atom stereocenters. The van der Waals surface area contributed by atoms with Gasteiger partial charge in [0.1, 0.15) is 0 Å². The smallest absolute Gasteiger partial charge is 0.0802 e. The Morgan fingerprint density at radius 3 is 2.37 bits per heavy atom. The molecule has 0 radical (unpaired) electrons. The van der Waals surface area contributed by atoms with Crippen LogP contribution in [0.25, 0.3) is 0 Å². The number of rotatable bonds is 6. The van der Waals surface area contributed by atoms with E-state index in [-0.39, 0.29) is 6.10 Å². The fraction of sp³-hybridized carbons (Fsp3) is 0.294. The van der Waals surface area contributed by atoms with E-state index >= 15 is 0 Å². The van der Waals surface area contributed by atoms with Crippen LogP contribution in [0.3, 0.4) is 0 Å². The van der Waals surface area contributed by atoms with Crippen LogP contribution < -0.4 is 5.32 Å². The lowest BCUT2D eigenvalue weighted by Crippen LogP contribution is -2.17. The van der Waals surface area contributed by atoms with Crippen LogP contribution in [0.4, 0.5) is 0 Å². The molecule has 0 aliphatic carbocycles. The molecule has 0 saturated heterocycles. The standard InChI is InChI=1S/C17H21NO/c1-14-7-9-15(10-8-14)13-18-12-11-17(19)16-5-3-2-4-6-16/h2-10,17-19H,11-13H2,1H3. The number of aliphatic hydroxyl groups is 1. The average Bonchev–Trinajstić information content (AvgIpc) is 2.46. The van der Waals surface area contributed by atoms with Crippen molar-refractivity contribution in [3.05, 3.63) is 71.3 Å². The lowest BCUT2D eigenvalue weighted by molar-refractivity contribution is 0.167. The Morgan fingerprint density at radius 2 is 1.68 bits per heavy atom. The number of benzene rings is 2. The molecule has 1 atom stereocenters. The third kappa shape index (κ3) is 4.51. The Balaban J connectivity index is 1.71. The predicted octanol–water partition coefficient (Wildman–Crippen LogP) is 3.21. The summed E-state index contributed by atoms with van der Waals surface area (Å²) in [6.45, 7) is 3.75.